The predicted molar refractivity (Wildman–Crippen MR) is 101 cm³/mol. The SMILES string of the molecule is C=CCCC(=O)Nc1sc([C@H](C)CC(C)(C)C)cc1C(=O)OCC. The molecule has 0 saturated heterocycles. The maximum Gasteiger partial charge on any atom is 0.341 e. The fraction of sp³-hybridized carbons (Fsp3) is 0.579. The summed E-state index contributed by atoms with van der Waals surface area (Å²) in [5, 5.41) is 3.44. The molecule has 0 aromatic carbocycles. The lowest BCUT2D eigenvalue weighted by Gasteiger charge is -2.22. The van der Waals surface area contributed by atoms with Crippen molar-refractivity contribution in [1.29, 1.82) is 0 Å². The van der Waals surface area contributed by atoms with Crippen molar-refractivity contribution < 1.29 is 14.3 Å². The minimum Gasteiger partial charge on any atom is -0.462 e. The fourth-order valence-electron chi connectivity index (χ4n) is 2.55. The molecule has 0 radical (unpaired) electrons. The minimum atomic E-state index is -0.387. The predicted octanol–water partition coefficient (Wildman–Crippen LogP) is 5.37. The first kappa shape index (κ1) is 20.4. The normalized spacial score (nSPS) is 12.5. The molecule has 0 saturated carbocycles. The van der Waals surface area contributed by atoms with E-state index in [-0.39, 0.29) is 17.3 Å². The van der Waals surface area contributed by atoms with E-state index in [0.29, 0.717) is 35.9 Å². The van der Waals surface area contributed by atoms with E-state index in [0.717, 1.165) is 11.3 Å². The summed E-state index contributed by atoms with van der Waals surface area (Å²) >= 11 is 1.47. The van der Waals surface area contributed by atoms with Gasteiger partial charge in [0.25, 0.3) is 0 Å². The van der Waals surface area contributed by atoms with Gasteiger partial charge in [-0.25, -0.2) is 4.79 Å². The number of esters is 1. The molecule has 0 spiro atoms. The molecule has 1 amide bonds. The number of thiophene rings is 1. The van der Waals surface area contributed by atoms with Crippen LogP contribution in [0.3, 0.4) is 0 Å². The van der Waals surface area contributed by atoms with Crippen molar-refractivity contribution in [3.8, 4) is 0 Å². The summed E-state index contributed by atoms with van der Waals surface area (Å²) in [5.41, 5.74) is 0.644. The molecule has 4 nitrogen and oxygen atoms in total. The Balaban J connectivity index is 3.03. The number of allylic oxidation sites excluding steroid dienone is 1. The summed E-state index contributed by atoms with van der Waals surface area (Å²) in [6.07, 6.45) is 3.67. The monoisotopic (exact) mass is 351 g/mol. The van der Waals surface area contributed by atoms with Crippen LogP contribution in [-0.4, -0.2) is 18.5 Å². The molecule has 1 atom stereocenters. The van der Waals surface area contributed by atoms with Crippen molar-refractivity contribution in [2.75, 3.05) is 11.9 Å². The largest absolute Gasteiger partial charge is 0.462 e. The maximum atomic E-state index is 12.2. The third-order valence-corrected chi connectivity index (χ3v) is 4.76. The Bertz CT molecular complexity index is 584. The zero-order valence-electron chi connectivity index (χ0n) is 15.4. The first-order valence-electron chi connectivity index (χ1n) is 8.39. The topological polar surface area (TPSA) is 55.4 Å². The van der Waals surface area contributed by atoms with Gasteiger partial charge < -0.3 is 10.1 Å². The minimum absolute atomic E-state index is 0.114. The Labute approximate surface area is 149 Å². The number of amides is 1. The number of nitrogens with one attached hydrogen (secondary N) is 1. The Morgan fingerprint density at radius 2 is 2.08 bits per heavy atom. The number of carbonyl (C=O) groups is 2. The molecule has 0 fully saturated rings. The zero-order chi connectivity index (χ0) is 18.3. The fourth-order valence-corrected chi connectivity index (χ4v) is 3.66. The maximum absolute atomic E-state index is 12.2. The molecular weight excluding hydrogens is 322 g/mol. The summed E-state index contributed by atoms with van der Waals surface area (Å²) in [5.74, 6) is -0.193. The molecule has 0 bridgehead atoms. The van der Waals surface area contributed by atoms with Crippen LogP contribution in [0.25, 0.3) is 0 Å². The first-order valence-corrected chi connectivity index (χ1v) is 9.21. The van der Waals surface area contributed by atoms with Gasteiger partial charge >= 0.3 is 5.97 Å². The second-order valence-corrected chi connectivity index (χ2v) is 8.24. The summed E-state index contributed by atoms with van der Waals surface area (Å²) < 4.78 is 5.13. The van der Waals surface area contributed by atoms with Crippen molar-refractivity contribution in [2.45, 2.75) is 59.8 Å². The van der Waals surface area contributed by atoms with Crippen LogP contribution >= 0.6 is 11.3 Å². The average molecular weight is 352 g/mol. The molecule has 1 N–H and O–H groups in total. The number of carbonyl (C=O) groups excluding carboxylic acids is 2. The van der Waals surface area contributed by atoms with Crippen LogP contribution in [0.1, 0.15) is 75.0 Å². The summed E-state index contributed by atoms with van der Waals surface area (Å²) in [4.78, 5) is 25.3. The Morgan fingerprint density at radius 3 is 2.62 bits per heavy atom. The number of anilines is 1. The van der Waals surface area contributed by atoms with E-state index >= 15 is 0 Å². The van der Waals surface area contributed by atoms with Crippen LogP contribution in [0.2, 0.25) is 0 Å². The van der Waals surface area contributed by atoms with Gasteiger partial charge in [-0.3, -0.25) is 4.79 Å². The molecule has 0 unspecified atom stereocenters. The van der Waals surface area contributed by atoms with Crippen molar-refractivity contribution in [3.05, 3.63) is 29.2 Å². The standard InChI is InChI=1S/C19H29NO3S/c1-7-9-10-16(21)20-17-14(18(22)23-8-2)11-15(24-17)13(3)12-19(4,5)6/h7,11,13H,1,8-10,12H2,2-6H3,(H,20,21)/t13-/m1/s1. The average Bonchev–Trinajstić information content (AvgIpc) is 2.87. The number of hydrogen-bond acceptors (Lipinski definition) is 4. The second kappa shape index (κ2) is 9.02. The molecule has 1 rings (SSSR count). The third kappa shape index (κ3) is 6.48. The van der Waals surface area contributed by atoms with Crippen LogP contribution in [0.15, 0.2) is 18.7 Å². The summed E-state index contributed by atoms with van der Waals surface area (Å²) in [7, 11) is 0. The van der Waals surface area contributed by atoms with Crippen LogP contribution in [0.4, 0.5) is 5.00 Å². The van der Waals surface area contributed by atoms with Crippen LogP contribution < -0.4 is 5.32 Å². The van der Waals surface area contributed by atoms with Crippen LogP contribution in [0.5, 0.6) is 0 Å². The van der Waals surface area contributed by atoms with E-state index in [1.807, 2.05) is 6.07 Å². The van der Waals surface area contributed by atoms with E-state index in [1.54, 1.807) is 13.0 Å². The Hall–Kier alpha value is -1.62. The van der Waals surface area contributed by atoms with E-state index in [9.17, 15) is 9.59 Å². The van der Waals surface area contributed by atoms with Gasteiger partial charge in [0, 0.05) is 11.3 Å². The highest BCUT2D eigenvalue weighted by molar-refractivity contribution is 7.16. The highest BCUT2D eigenvalue weighted by Crippen LogP contribution is 2.38. The van der Waals surface area contributed by atoms with E-state index < -0.39 is 0 Å². The number of rotatable bonds is 8. The number of ether oxygens (including phenoxy) is 1. The van der Waals surface area contributed by atoms with Crippen molar-refractivity contribution in [3.63, 3.8) is 0 Å². The zero-order valence-corrected chi connectivity index (χ0v) is 16.2. The molecule has 1 heterocycles. The van der Waals surface area contributed by atoms with E-state index in [4.69, 9.17) is 4.74 Å². The molecule has 24 heavy (non-hydrogen) atoms. The van der Waals surface area contributed by atoms with Gasteiger partial charge in [-0.15, -0.1) is 17.9 Å². The molecule has 1 aromatic rings. The molecule has 1 aromatic heterocycles. The lowest BCUT2D eigenvalue weighted by molar-refractivity contribution is -0.116. The lowest BCUT2D eigenvalue weighted by atomic mass is 9.85. The van der Waals surface area contributed by atoms with E-state index in [1.165, 1.54) is 11.3 Å². The van der Waals surface area contributed by atoms with Crippen molar-refractivity contribution in [1.82, 2.24) is 0 Å². The van der Waals surface area contributed by atoms with Crippen LogP contribution in [-0.2, 0) is 9.53 Å². The molecular formula is C19H29NO3S. The molecule has 0 aliphatic carbocycles. The van der Waals surface area contributed by atoms with Gasteiger partial charge in [-0.05, 0) is 37.2 Å². The quantitative estimate of drug-likeness (QED) is 0.506. The molecule has 134 valence electrons. The van der Waals surface area contributed by atoms with Gasteiger partial charge in [-0.1, -0.05) is 33.8 Å². The van der Waals surface area contributed by atoms with E-state index in [2.05, 4.69) is 39.6 Å². The van der Waals surface area contributed by atoms with Gasteiger partial charge in [0.05, 0.1) is 12.2 Å². The first-order chi connectivity index (χ1) is 11.2. The van der Waals surface area contributed by atoms with Gasteiger partial charge in [0.2, 0.25) is 5.91 Å². The highest BCUT2D eigenvalue weighted by atomic mass is 32.1. The van der Waals surface area contributed by atoms with Gasteiger partial charge in [0.1, 0.15) is 5.00 Å². The Kier molecular flexibility index (Phi) is 7.67. The molecule has 5 heteroatoms. The summed E-state index contributed by atoms with van der Waals surface area (Å²) in [6, 6.07) is 1.86. The van der Waals surface area contributed by atoms with Crippen molar-refractivity contribution >= 4 is 28.2 Å². The lowest BCUT2D eigenvalue weighted by Crippen LogP contribution is -2.13. The Morgan fingerprint density at radius 1 is 1.42 bits per heavy atom. The third-order valence-electron chi connectivity index (χ3n) is 3.48. The van der Waals surface area contributed by atoms with Crippen LogP contribution in [0, 0.1) is 5.41 Å². The number of hydrogen-bond donors (Lipinski definition) is 1. The highest BCUT2D eigenvalue weighted by Gasteiger charge is 2.23. The van der Waals surface area contributed by atoms with Crippen molar-refractivity contribution in [2.24, 2.45) is 5.41 Å². The second-order valence-electron chi connectivity index (χ2n) is 7.15. The smallest absolute Gasteiger partial charge is 0.341 e. The van der Waals surface area contributed by atoms with Gasteiger partial charge in [0.15, 0.2) is 0 Å². The molecule has 0 aliphatic rings. The summed E-state index contributed by atoms with van der Waals surface area (Å²) in [6.45, 7) is 14.4. The van der Waals surface area contributed by atoms with Gasteiger partial charge in [-0.2, -0.15) is 0 Å². The molecule has 0 aliphatic heterocycles.